The number of nitrogens with one attached hydrogen (secondary N) is 1. The Morgan fingerprint density at radius 3 is 2.94 bits per heavy atom. The van der Waals surface area contributed by atoms with Crippen LogP contribution in [0, 0.1) is 0 Å². The van der Waals surface area contributed by atoms with Crippen molar-refractivity contribution in [3.8, 4) is 0 Å². The first-order valence-electron chi connectivity index (χ1n) is 6.18. The van der Waals surface area contributed by atoms with E-state index >= 15 is 0 Å². The van der Waals surface area contributed by atoms with Crippen molar-refractivity contribution in [2.45, 2.75) is 45.1 Å². The predicted octanol–water partition coefficient (Wildman–Crippen LogP) is 1.60. The van der Waals surface area contributed by atoms with E-state index in [4.69, 9.17) is 0 Å². The number of hydrogen-bond acceptors (Lipinski definition) is 5. The second-order valence-corrected chi connectivity index (χ2v) is 5.92. The molecular formula is C11H17N5S. The second-order valence-electron chi connectivity index (χ2n) is 4.88. The van der Waals surface area contributed by atoms with Crippen molar-refractivity contribution in [1.82, 2.24) is 25.1 Å². The van der Waals surface area contributed by atoms with E-state index in [-0.39, 0.29) is 0 Å². The zero-order valence-corrected chi connectivity index (χ0v) is 11.0. The van der Waals surface area contributed by atoms with Crippen molar-refractivity contribution in [3.05, 3.63) is 10.8 Å². The normalized spacial score (nSPS) is 16.2. The monoisotopic (exact) mass is 251 g/mol. The Hall–Kier alpha value is -1.01. The molecule has 1 saturated carbocycles. The zero-order chi connectivity index (χ0) is 11.8. The lowest BCUT2D eigenvalue weighted by Gasteiger charge is -1.99. The number of rotatable bonds is 5. The molecule has 0 aromatic carbocycles. The van der Waals surface area contributed by atoms with Gasteiger partial charge in [0, 0.05) is 24.9 Å². The molecule has 92 valence electrons. The Bertz CT molecular complexity index is 511. The minimum absolute atomic E-state index is 0.365. The molecule has 1 aliphatic carbocycles. The molecule has 0 bridgehead atoms. The van der Waals surface area contributed by atoms with Crippen LogP contribution in [0.25, 0.3) is 4.96 Å². The van der Waals surface area contributed by atoms with Crippen LogP contribution in [-0.2, 0) is 6.42 Å². The van der Waals surface area contributed by atoms with E-state index in [1.807, 2.05) is 4.52 Å². The summed E-state index contributed by atoms with van der Waals surface area (Å²) in [6.45, 7) is 5.25. The number of fused-ring (bicyclic) bond motifs is 1. The lowest BCUT2D eigenvalue weighted by Crippen LogP contribution is -2.19. The minimum atomic E-state index is 0.365. The molecule has 2 aromatic rings. The third kappa shape index (κ3) is 2.32. The van der Waals surface area contributed by atoms with Gasteiger partial charge in [-0.1, -0.05) is 25.2 Å². The van der Waals surface area contributed by atoms with Gasteiger partial charge in [0.25, 0.3) is 0 Å². The SMILES string of the molecule is CC(C)c1nnc2sc(CCNC3CC3)nn12. The fourth-order valence-corrected chi connectivity index (χ4v) is 2.64. The first kappa shape index (κ1) is 11.1. The average molecular weight is 251 g/mol. The molecule has 17 heavy (non-hydrogen) atoms. The van der Waals surface area contributed by atoms with E-state index < -0.39 is 0 Å². The zero-order valence-electron chi connectivity index (χ0n) is 10.2. The van der Waals surface area contributed by atoms with Crippen LogP contribution >= 0.6 is 11.3 Å². The predicted molar refractivity (Wildman–Crippen MR) is 67.5 cm³/mol. The molecular weight excluding hydrogens is 234 g/mol. The summed E-state index contributed by atoms with van der Waals surface area (Å²) in [5.41, 5.74) is 0. The number of aromatic nitrogens is 4. The fourth-order valence-electron chi connectivity index (χ4n) is 1.80. The van der Waals surface area contributed by atoms with Gasteiger partial charge in [0.15, 0.2) is 5.82 Å². The highest BCUT2D eigenvalue weighted by molar-refractivity contribution is 7.16. The van der Waals surface area contributed by atoms with Gasteiger partial charge in [0.1, 0.15) is 5.01 Å². The molecule has 0 unspecified atom stereocenters. The summed E-state index contributed by atoms with van der Waals surface area (Å²) in [6.07, 6.45) is 3.66. The van der Waals surface area contributed by atoms with E-state index in [1.54, 1.807) is 11.3 Å². The topological polar surface area (TPSA) is 55.1 Å². The van der Waals surface area contributed by atoms with Crippen LogP contribution in [0.5, 0.6) is 0 Å². The maximum atomic E-state index is 4.58. The van der Waals surface area contributed by atoms with Gasteiger partial charge >= 0.3 is 0 Å². The van der Waals surface area contributed by atoms with Crippen LogP contribution in [0.4, 0.5) is 0 Å². The van der Waals surface area contributed by atoms with Crippen molar-refractivity contribution in [2.75, 3.05) is 6.54 Å². The first-order valence-corrected chi connectivity index (χ1v) is 7.00. The van der Waals surface area contributed by atoms with Gasteiger partial charge in [-0.25, -0.2) is 0 Å². The largest absolute Gasteiger partial charge is 0.314 e. The molecule has 0 radical (unpaired) electrons. The standard InChI is InChI=1S/C11H17N5S/c1-7(2)10-13-14-11-16(10)15-9(17-11)5-6-12-8-3-4-8/h7-8,12H,3-6H2,1-2H3. The Labute approximate surface area is 104 Å². The molecule has 1 aliphatic rings. The molecule has 5 nitrogen and oxygen atoms in total. The molecule has 0 amide bonds. The Morgan fingerprint density at radius 1 is 1.41 bits per heavy atom. The van der Waals surface area contributed by atoms with Gasteiger partial charge in [-0.15, -0.1) is 10.2 Å². The highest BCUT2D eigenvalue weighted by Gasteiger charge is 2.20. The first-order chi connectivity index (χ1) is 8.24. The molecule has 0 saturated heterocycles. The lowest BCUT2D eigenvalue weighted by atomic mass is 10.2. The molecule has 0 atom stereocenters. The second kappa shape index (κ2) is 4.34. The van der Waals surface area contributed by atoms with Crippen molar-refractivity contribution in [1.29, 1.82) is 0 Å². The molecule has 0 spiro atoms. The number of hydrogen-bond donors (Lipinski definition) is 1. The average Bonchev–Trinajstić information content (AvgIpc) is 2.86. The van der Waals surface area contributed by atoms with Gasteiger partial charge in [-0.3, -0.25) is 0 Å². The molecule has 2 heterocycles. The molecule has 1 N–H and O–H groups in total. The Morgan fingerprint density at radius 2 is 2.24 bits per heavy atom. The van der Waals surface area contributed by atoms with E-state index in [0.29, 0.717) is 5.92 Å². The Balaban J connectivity index is 1.71. The van der Waals surface area contributed by atoms with Gasteiger partial charge in [-0.2, -0.15) is 9.61 Å². The summed E-state index contributed by atoms with van der Waals surface area (Å²) in [4.78, 5) is 0.912. The summed E-state index contributed by atoms with van der Waals surface area (Å²) < 4.78 is 1.89. The van der Waals surface area contributed by atoms with E-state index in [2.05, 4.69) is 34.5 Å². The Kier molecular flexibility index (Phi) is 2.84. The van der Waals surface area contributed by atoms with Crippen molar-refractivity contribution in [2.24, 2.45) is 0 Å². The van der Waals surface area contributed by atoms with E-state index in [9.17, 15) is 0 Å². The highest BCUT2D eigenvalue weighted by Crippen LogP contribution is 2.20. The van der Waals surface area contributed by atoms with Crippen LogP contribution in [0.3, 0.4) is 0 Å². The van der Waals surface area contributed by atoms with Crippen LogP contribution < -0.4 is 5.32 Å². The van der Waals surface area contributed by atoms with Gasteiger partial charge in [0.2, 0.25) is 4.96 Å². The maximum absolute atomic E-state index is 4.58. The quantitative estimate of drug-likeness (QED) is 0.877. The lowest BCUT2D eigenvalue weighted by molar-refractivity contribution is 0.667. The van der Waals surface area contributed by atoms with Crippen LogP contribution in [0.2, 0.25) is 0 Å². The minimum Gasteiger partial charge on any atom is -0.314 e. The smallest absolute Gasteiger partial charge is 0.234 e. The third-order valence-corrected chi connectivity index (χ3v) is 3.88. The summed E-state index contributed by atoms with van der Waals surface area (Å²) >= 11 is 1.65. The van der Waals surface area contributed by atoms with Gasteiger partial charge in [-0.05, 0) is 12.8 Å². The molecule has 2 aromatic heterocycles. The maximum Gasteiger partial charge on any atom is 0.234 e. The summed E-state index contributed by atoms with van der Waals surface area (Å²) in [5, 5.41) is 17.5. The fraction of sp³-hybridized carbons (Fsp3) is 0.727. The molecule has 6 heteroatoms. The summed E-state index contributed by atoms with van der Waals surface area (Å²) in [7, 11) is 0. The van der Waals surface area contributed by atoms with Crippen LogP contribution in [-0.4, -0.2) is 32.4 Å². The molecule has 3 rings (SSSR count). The molecule has 0 aliphatic heterocycles. The van der Waals surface area contributed by atoms with E-state index in [1.165, 1.54) is 12.8 Å². The third-order valence-electron chi connectivity index (χ3n) is 2.92. The van der Waals surface area contributed by atoms with Gasteiger partial charge < -0.3 is 5.32 Å². The van der Waals surface area contributed by atoms with Crippen LogP contribution in [0.1, 0.15) is 43.4 Å². The number of nitrogens with zero attached hydrogens (tertiary/aromatic N) is 4. The van der Waals surface area contributed by atoms with Gasteiger partial charge in [0.05, 0.1) is 0 Å². The summed E-state index contributed by atoms with van der Waals surface area (Å²) in [5.74, 6) is 1.32. The van der Waals surface area contributed by atoms with Crippen molar-refractivity contribution in [3.63, 3.8) is 0 Å². The highest BCUT2D eigenvalue weighted by atomic mass is 32.1. The summed E-state index contributed by atoms with van der Waals surface area (Å²) in [6, 6.07) is 0.770. The van der Waals surface area contributed by atoms with Crippen molar-refractivity contribution < 1.29 is 0 Å². The van der Waals surface area contributed by atoms with E-state index in [0.717, 1.165) is 34.8 Å². The molecule has 1 fully saturated rings. The van der Waals surface area contributed by atoms with Crippen LogP contribution in [0.15, 0.2) is 0 Å². The van der Waals surface area contributed by atoms with Crippen molar-refractivity contribution >= 4 is 16.3 Å².